The van der Waals surface area contributed by atoms with E-state index in [9.17, 15) is 4.79 Å². The first-order valence-corrected chi connectivity index (χ1v) is 4.76. The van der Waals surface area contributed by atoms with Crippen LogP contribution in [0.5, 0.6) is 0 Å². The molecule has 76 valence electrons. The van der Waals surface area contributed by atoms with Gasteiger partial charge in [-0.15, -0.1) is 0 Å². The van der Waals surface area contributed by atoms with Gasteiger partial charge in [0.1, 0.15) is 11.1 Å². The molecule has 0 saturated heterocycles. The Morgan fingerprint density at radius 2 is 1.77 bits per heavy atom. The number of hydrogen-bond acceptors (Lipinski definition) is 3. The molecule has 1 aliphatic rings. The van der Waals surface area contributed by atoms with Crippen molar-refractivity contribution in [1.29, 1.82) is 0 Å². The summed E-state index contributed by atoms with van der Waals surface area (Å²) in [5, 5.41) is 0. The molecule has 13 heavy (non-hydrogen) atoms. The van der Waals surface area contributed by atoms with Gasteiger partial charge < -0.3 is 10.5 Å². The lowest BCUT2D eigenvalue weighted by atomic mass is 9.97. The number of carbonyl (C=O) groups is 1. The molecule has 1 unspecified atom stereocenters. The van der Waals surface area contributed by atoms with Crippen LogP contribution in [-0.4, -0.2) is 17.1 Å². The lowest BCUT2D eigenvalue weighted by Crippen LogP contribution is -2.50. The molecule has 2 N–H and O–H groups in total. The largest absolute Gasteiger partial charge is 0.459 e. The van der Waals surface area contributed by atoms with Crippen LogP contribution in [0.15, 0.2) is 0 Å². The molecular formula is C10H19NO2. The van der Waals surface area contributed by atoms with E-state index in [4.69, 9.17) is 10.5 Å². The van der Waals surface area contributed by atoms with Crippen molar-refractivity contribution >= 4 is 5.97 Å². The second kappa shape index (κ2) is 2.98. The van der Waals surface area contributed by atoms with Crippen molar-refractivity contribution in [3.8, 4) is 0 Å². The Morgan fingerprint density at radius 1 is 1.31 bits per heavy atom. The number of carbonyl (C=O) groups excluding carboxylic acids is 1. The molecule has 1 atom stereocenters. The first-order valence-electron chi connectivity index (χ1n) is 4.76. The molecule has 0 heterocycles. The fraction of sp³-hybridized carbons (Fsp3) is 0.900. The summed E-state index contributed by atoms with van der Waals surface area (Å²) in [6.07, 6.45) is 2.10. The molecule has 3 heteroatoms. The minimum Gasteiger partial charge on any atom is -0.459 e. The van der Waals surface area contributed by atoms with E-state index in [1.54, 1.807) is 6.92 Å². The highest BCUT2D eigenvalue weighted by Gasteiger charge is 2.46. The van der Waals surface area contributed by atoms with E-state index < -0.39 is 11.1 Å². The van der Waals surface area contributed by atoms with E-state index in [1.807, 2.05) is 20.8 Å². The Hall–Kier alpha value is -0.570. The van der Waals surface area contributed by atoms with Crippen LogP contribution in [0.1, 0.15) is 40.5 Å². The van der Waals surface area contributed by atoms with Gasteiger partial charge in [-0.2, -0.15) is 0 Å². The predicted molar refractivity (Wildman–Crippen MR) is 51.2 cm³/mol. The quantitative estimate of drug-likeness (QED) is 0.662. The van der Waals surface area contributed by atoms with Crippen LogP contribution in [0.3, 0.4) is 0 Å². The van der Waals surface area contributed by atoms with Gasteiger partial charge in [0.2, 0.25) is 0 Å². The molecule has 3 nitrogen and oxygen atoms in total. The number of nitrogens with two attached hydrogens (primary N) is 1. The fourth-order valence-electron chi connectivity index (χ4n) is 1.24. The lowest BCUT2D eigenvalue weighted by Gasteiger charge is -2.28. The summed E-state index contributed by atoms with van der Waals surface area (Å²) in [7, 11) is 0. The second-order valence-electron chi connectivity index (χ2n) is 5.06. The number of ether oxygens (including phenoxy) is 1. The number of rotatable bonds is 2. The molecule has 1 rings (SSSR count). The van der Waals surface area contributed by atoms with E-state index in [0.29, 0.717) is 5.92 Å². The molecule has 0 aliphatic heterocycles. The molecule has 1 saturated carbocycles. The zero-order chi connectivity index (χ0) is 10.3. The van der Waals surface area contributed by atoms with Gasteiger partial charge in [-0.25, -0.2) is 0 Å². The van der Waals surface area contributed by atoms with E-state index in [2.05, 4.69) is 0 Å². The third kappa shape index (κ3) is 2.69. The molecule has 0 bridgehead atoms. The lowest BCUT2D eigenvalue weighted by molar-refractivity contribution is -0.161. The Labute approximate surface area is 79.6 Å². The van der Waals surface area contributed by atoms with Crippen molar-refractivity contribution in [3.63, 3.8) is 0 Å². The predicted octanol–water partition coefficient (Wildman–Crippen LogP) is 1.46. The Bertz CT molecular complexity index is 211. The summed E-state index contributed by atoms with van der Waals surface area (Å²) in [6.45, 7) is 7.33. The van der Waals surface area contributed by atoms with Gasteiger partial charge in [-0.05, 0) is 46.5 Å². The number of hydrogen-bond donors (Lipinski definition) is 1. The fourth-order valence-corrected chi connectivity index (χ4v) is 1.24. The maximum Gasteiger partial charge on any atom is 0.326 e. The van der Waals surface area contributed by atoms with E-state index in [1.165, 1.54) is 0 Å². The van der Waals surface area contributed by atoms with Crippen LogP contribution >= 0.6 is 0 Å². The highest BCUT2D eigenvalue weighted by molar-refractivity contribution is 5.81. The maximum absolute atomic E-state index is 11.6. The van der Waals surface area contributed by atoms with E-state index in [-0.39, 0.29) is 5.97 Å². The average Bonchev–Trinajstić information content (AvgIpc) is 2.62. The third-order valence-electron chi connectivity index (χ3n) is 2.26. The normalized spacial score (nSPS) is 22.2. The zero-order valence-corrected chi connectivity index (χ0v) is 8.89. The minimum absolute atomic E-state index is 0.275. The van der Waals surface area contributed by atoms with Crippen molar-refractivity contribution in [1.82, 2.24) is 0 Å². The third-order valence-corrected chi connectivity index (χ3v) is 2.26. The Morgan fingerprint density at radius 3 is 2.08 bits per heavy atom. The van der Waals surface area contributed by atoms with Gasteiger partial charge in [0.15, 0.2) is 0 Å². The molecule has 0 amide bonds. The molecule has 1 fully saturated rings. The molecular weight excluding hydrogens is 166 g/mol. The van der Waals surface area contributed by atoms with Crippen LogP contribution in [0.4, 0.5) is 0 Å². The first-order chi connectivity index (χ1) is 5.73. The number of esters is 1. The molecule has 0 radical (unpaired) electrons. The monoisotopic (exact) mass is 185 g/mol. The second-order valence-corrected chi connectivity index (χ2v) is 5.06. The smallest absolute Gasteiger partial charge is 0.326 e. The summed E-state index contributed by atoms with van der Waals surface area (Å²) in [5.74, 6) is 0.0462. The molecule has 0 aromatic heterocycles. The summed E-state index contributed by atoms with van der Waals surface area (Å²) >= 11 is 0. The highest BCUT2D eigenvalue weighted by Crippen LogP contribution is 2.39. The van der Waals surface area contributed by atoms with E-state index >= 15 is 0 Å². The maximum atomic E-state index is 11.6. The van der Waals surface area contributed by atoms with Gasteiger partial charge in [0.25, 0.3) is 0 Å². The summed E-state index contributed by atoms with van der Waals surface area (Å²) in [5.41, 5.74) is 4.68. The summed E-state index contributed by atoms with van der Waals surface area (Å²) in [6, 6.07) is 0. The van der Waals surface area contributed by atoms with Crippen LogP contribution in [0.2, 0.25) is 0 Å². The minimum atomic E-state index is -0.784. The molecule has 0 aromatic carbocycles. The van der Waals surface area contributed by atoms with Crippen molar-refractivity contribution in [2.45, 2.75) is 51.7 Å². The first kappa shape index (κ1) is 10.5. The highest BCUT2D eigenvalue weighted by atomic mass is 16.6. The van der Waals surface area contributed by atoms with Gasteiger partial charge in [-0.1, -0.05) is 0 Å². The zero-order valence-electron chi connectivity index (χ0n) is 8.89. The SMILES string of the molecule is CC(C)(C)OC(=O)C(C)(N)C1CC1. The van der Waals surface area contributed by atoms with E-state index in [0.717, 1.165) is 12.8 Å². The van der Waals surface area contributed by atoms with Crippen molar-refractivity contribution < 1.29 is 9.53 Å². The molecule has 0 spiro atoms. The van der Waals surface area contributed by atoms with Crippen molar-refractivity contribution in [2.24, 2.45) is 11.7 Å². The molecule has 0 aromatic rings. The van der Waals surface area contributed by atoms with Gasteiger partial charge in [0, 0.05) is 0 Å². The Kier molecular flexibility index (Phi) is 2.41. The topological polar surface area (TPSA) is 52.3 Å². The van der Waals surface area contributed by atoms with Gasteiger partial charge in [0.05, 0.1) is 0 Å². The molecule has 1 aliphatic carbocycles. The summed E-state index contributed by atoms with van der Waals surface area (Å²) in [4.78, 5) is 11.6. The van der Waals surface area contributed by atoms with Crippen LogP contribution < -0.4 is 5.73 Å². The van der Waals surface area contributed by atoms with Gasteiger partial charge in [-0.3, -0.25) is 4.79 Å². The van der Waals surface area contributed by atoms with Crippen molar-refractivity contribution in [2.75, 3.05) is 0 Å². The summed E-state index contributed by atoms with van der Waals surface area (Å²) < 4.78 is 5.24. The van der Waals surface area contributed by atoms with Crippen LogP contribution in [-0.2, 0) is 9.53 Å². The average molecular weight is 185 g/mol. The Balaban J connectivity index is 2.56. The van der Waals surface area contributed by atoms with Crippen LogP contribution in [0, 0.1) is 5.92 Å². The van der Waals surface area contributed by atoms with Crippen molar-refractivity contribution in [3.05, 3.63) is 0 Å². The van der Waals surface area contributed by atoms with Crippen LogP contribution in [0.25, 0.3) is 0 Å². The van der Waals surface area contributed by atoms with Gasteiger partial charge >= 0.3 is 5.97 Å². The standard InChI is InChI=1S/C10H19NO2/c1-9(2,3)13-8(12)10(4,11)7-5-6-7/h7H,5-6,11H2,1-4H3.